The van der Waals surface area contributed by atoms with Crippen LogP contribution in [0.4, 0.5) is 4.79 Å². The molecule has 1 fully saturated rings. The first-order valence-electron chi connectivity index (χ1n) is 6.76. The molecule has 1 aromatic rings. The van der Waals surface area contributed by atoms with Crippen molar-refractivity contribution in [1.29, 1.82) is 0 Å². The largest absolute Gasteiger partial charge is 0.349 e. The normalized spacial score (nSPS) is 24.0. The second-order valence-electron chi connectivity index (χ2n) is 5.01. The Morgan fingerprint density at radius 1 is 1.33 bits per heavy atom. The summed E-state index contributed by atoms with van der Waals surface area (Å²) in [6.07, 6.45) is 0.819. The second-order valence-corrected chi connectivity index (χ2v) is 6.15. The first kappa shape index (κ1) is 13.9. The Morgan fingerprint density at radius 3 is 2.90 bits per heavy atom. The van der Waals surface area contributed by atoms with Gasteiger partial charge in [0.15, 0.2) is 0 Å². The summed E-state index contributed by atoms with van der Waals surface area (Å²) in [5.74, 6) is 0.265. The molecule has 0 bridgehead atoms. The molecule has 0 aromatic heterocycles. The third-order valence-corrected chi connectivity index (χ3v) is 4.66. The Labute approximate surface area is 126 Å². The lowest BCUT2D eigenvalue weighted by atomic mass is 10.0. The van der Waals surface area contributed by atoms with Gasteiger partial charge in [-0.25, -0.2) is 4.79 Å². The number of benzene rings is 1. The molecule has 1 aromatic carbocycles. The van der Waals surface area contributed by atoms with Crippen LogP contribution in [0.2, 0.25) is 0 Å². The van der Waals surface area contributed by atoms with Crippen LogP contribution in [-0.2, 0) is 9.59 Å². The molecule has 4 amide bonds. The third-order valence-electron chi connectivity index (χ3n) is 3.54. The summed E-state index contributed by atoms with van der Waals surface area (Å²) in [6.45, 7) is 0. The molecule has 0 saturated carbocycles. The highest BCUT2D eigenvalue weighted by Crippen LogP contribution is 2.35. The average Bonchev–Trinajstić information content (AvgIpc) is 2.77. The van der Waals surface area contributed by atoms with Gasteiger partial charge in [-0.3, -0.25) is 14.9 Å². The lowest BCUT2D eigenvalue weighted by Crippen LogP contribution is -2.38. The van der Waals surface area contributed by atoms with Crippen LogP contribution in [0.3, 0.4) is 0 Å². The van der Waals surface area contributed by atoms with E-state index in [0.29, 0.717) is 0 Å². The zero-order valence-electron chi connectivity index (χ0n) is 11.2. The molecule has 110 valence electrons. The van der Waals surface area contributed by atoms with Crippen molar-refractivity contribution in [3.63, 3.8) is 0 Å². The summed E-state index contributed by atoms with van der Waals surface area (Å²) in [7, 11) is 0. The number of carbonyl (C=O) groups is 3. The molecular formula is C14H15N3O3S. The fraction of sp³-hybridized carbons (Fsp3) is 0.357. The van der Waals surface area contributed by atoms with Gasteiger partial charge in [-0.05, 0) is 18.1 Å². The summed E-state index contributed by atoms with van der Waals surface area (Å²) >= 11 is 1.78. The maximum Gasteiger partial charge on any atom is 0.322 e. The van der Waals surface area contributed by atoms with Crippen molar-refractivity contribution in [2.75, 3.05) is 5.75 Å². The second kappa shape index (κ2) is 5.77. The fourth-order valence-electron chi connectivity index (χ4n) is 2.53. The molecule has 2 atom stereocenters. The van der Waals surface area contributed by atoms with Gasteiger partial charge in [0.05, 0.1) is 12.5 Å². The molecule has 0 spiro atoms. The molecule has 7 heteroatoms. The van der Waals surface area contributed by atoms with Gasteiger partial charge in [0.2, 0.25) is 5.91 Å². The molecule has 21 heavy (non-hydrogen) atoms. The van der Waals surface area contributed by atoms with Gasteiger partial charge < -0.3 is 10.6 Å². The summed E-state index contributed by atoms with van der Waals surface area (Å²) in [5.41, 5.74) is 1.11. The van der Waals surface area contributed by atoms with E-state index in [1.54, 1.807) is 11.8 Å². The highest BCUT2D eigenvalue weighted by Gasteiger charge is 2.32. The summed E-state index contributed by atoms with van der Waals surface area (Å²) in [4.78, 5) is 35.7. The summed E-state index contributed by atoms with van der Waals surface area (Å²) < 4.78 is 0. The van der Waals surface area contributed by atoms with Crippen LogP contribution in [0, 0.1) is 0 Å². The zero-order valence-corrected chi connectivity index (χ0v) is 12.0. The average molecular weight is 305 g/mol. The van der Waals surface area contributed by atoms with E-state index in [1.807, 2.05) is 24.3 Å². The quantitative estimate of drug-likeness (QED) is 0.725. The summed E-state index contributed by atoms with van der Waals surface area (Å²) in [6, 6.07) is 6.64. The van der Waals surface area contributed by atoms with Gasteiger partial charge in [0.25, 0.3) is 5.91 Å². The molecule has 2 aliphatic heterocycles. The number of fused-ring (bicyclic) bond motifs is 1. The standard InChI is InChI=1S/C14H15N3O3S/c18-12(7-10-13(19)17-14(20)16-10)15-9-5-6-21-11-4-2-1-3-8(9)11/h1-4,9-10H,5-7H2,(H,15,18)(H2,16,17,19,20)/t9-,10+/m0/s1. The molecule has 6 nitrogen and oxygen atoms in total. The predicted molar refractivity (Wildman–Crippen MR) is 77.7 cm³/mol. The minimum atomic E-state index is -0.772. The first-order chi connectivity index (χ1) is 10.1. The Balaban J connectivity index is 1.63. The summed E-state index contributed by atoms with van der Waals surface area (Å²) in [5, 5.41) is 7.50. The van der Waals surface area contributed by atoms with Crippen molar-refractivity contribution in [2.24, 2.45) is 0 Å². The minimum Gasteiger partial charge on any atom is -0.349 e. The van der Waals surface area contributed by atoms with E-state index < -0.39 is 18.0 Å². The predicted octanol–water partition coefficient (Wildman–Crippen LogP) is 0.938. The van der Waals surface area contributed by atoms with Gasteiger partial charge in [-0.15, -0.1) is 11.8 Å². The Kier molecular flexibility index (Phi) is 3.83. The lowest BCUT2D eigenvalue weighted by Gasteiger charge is -2.26. The van der Waals surface area contributed by atoms with Gasteiger partial charge in [-0.1, -0.05) is 18.2 Å². The highest BCUT2D eigenvalue weighted by molar-refractivity contribution is 7.99. The molecule has 2 aliphatic rings. The van der Waals surface area contributed by atoms with E-state index in [0.717, 1.165) is 17.7 Å². The van der Waals surface area contributed by atoms with Crippen molar-refractivity contribution >= 4 is 29.6 Å². The van der Waals surface area contributed by atoms with Crippen molar-refractivity contribution in [3.05, 3.63) is 29.8 Å². The molecule has 0 aliphatic carbocycles. The molecule has 0 radical (unpaired) electrons. The monoisotopic (exact) mass is 305 g/mol. The Morgan fingerprint density at radius 2 is 2.14 bits per heavy atom. The molecule has 3 rings (SSSR count). The number of hydrogen-bond donors (Lipinski definition) is 3. The molecule has 3 N–H and O–H groups in total. The zero-order chi connectivity index (χ0) is 14.8. The van der Waals surface area contributed by atoms with Gasteiger partial charge in [-0.2, -0.15) is 0 Å². The molecular weight excluding hydrogens is 290 g/mol. The number of nitrogens with one attached hydrogen (secondary N) is 3. The van der Waals surface area contributed by atoms with Gasteiger partial charge >= 0.3 is 6.03 Å². The topological polar surface area (TPSA) is 87.3 Å². The Hall–Kier alpha value is -2.02. The number of rotatable bonds is 3. The number of hydrogen-bond acceptors (Lipinski definition) is 4. The van der Waals surface area contributed by atoms with Crippen molar-refractivity contribution < 1.29 is 14.4 Å². The van der Waals surface area contributed by atoms with Crippen LogP contribution in [0.5, 0.6) is 0 Å². The molecule has 0 unspecified atom stereocenters. The van der Waals surface area contributed by atoms with Crippen LogP contribution in [0.1, 0.15) is 24.4 Å². The van der Waals surface area contributed by atoms with Crippen LogP contribution in [0.15, 0.2) is 29.2 Å². The number of thioether (sulfide) groups is 1. The minimum absolute atomic E-state index is 0.0323. The Bertz CT molecular complexity index is 605. The SMILES string of the molecule is O=C(C[C@H]1NC(=O)NC1=O)N[C@H]1CCSc2ccccc21. The van der Waals surface area contributed by atoms with Crippen molar-refractivity contribution in [2.45, 2.75) is 29.8 Å². The lowest BCUT2D eigenvalue weighted by molar-refractivity contribution is -0.126. The van der Waals surface area contributed by atoms with E-state index in [-0.39, 0.29) is 18.4 Å². The van der Waals surface area contributed by atoms with Gasteiger partial charge in [0, 0.05) is 10.6 Å². The van der Waals surface area contributed by atoms with Gasteiger partial charge in [0.1, 0.15) is 6.04 Å². The van der Waals surface area contributed by atoms with Crippen molar-refractivity contribution in [1.82, 2.24) is 16.0 Å². The van der Waals surface area contributed by atoms with Crippen molar-refractivity contribution in [3.8, 4) is 0 Å². The van der Waals surface area contributed by atoms with E-state index >= 15 is 0 Å². The number of carbonyl (C=O) groups excluding carboxylic acids is 3. The van der Waals surface area contributed by atoms with E-state index in [2.05, 4.69) is 16.0 Å². The van der Waals surface area contributed by atoms with Crippen LogP contribution in [0.25, 0.3) is 0 Å². The fourth-order valence-corrected chi connectivity index (χ4v) is 3.66. The molecule has 2 heterocycles. The van der Waals surface area contributed by atoms with Crippen LogP contribution >= 0.6 is 11.8 Å². The number of urea groups is 1. The highest BCUT2D eigenvalue weighted by atomic mass is 32.2. The third kappa shape index (κ3) is 3.02. The van der Waals surface area contributed by atoms with E-state index in [4.69, 9.17) is 0 Å². The molecule has 1 saturated heterocycles. The first-order valence-corrected chi connectivity index (χ1v) is 7.74. The maximum absolute atomic E-state index is 12.1. The smallest absolute Gasteiger partial charge is 0.322 e. The van der Waals surface area contributed by atoms with Crippen LogP contribution < -0.4 is 16.0 Å². The number of imide groups is 1. The van der Waals surface area contributed by atoms with E-state index in [1.165, 1.54) is 4.90 Å². The van der Waals surface area contributed by atoms with Crippen LogP contribution in [-0.4, -0.2) is 29.6 Å². The number of amides is 4. The van der Waals surface area contributed by atoms with E-state index in [9.17, 15) is 14.4 Å². The maximum atomic E-state index is 12.1.